The minimum Gasteiger partial charge on any atom is -0.340 e. The van der Waals surface area contributed by atoms with Crippen molar-refractivity contribution >= 4 is 10.8 Å². The van der Waals surface area contributed by atoms with Gasteiger partial charge >= 0.3 is 0 Å². The van der Waals surface area contributed by atoms with E-state index in [1.165, 1.54) is 21.9 Å². The molecule has 3 aromatic rings. The fraction of sp³-hybridized carbons (Fsp3) is 0.250. The van der Waals surface area contributed by atoms with E-state index in [0.717, 1.165) is 12.2 Å². The number of nitriles is 1. The summed E-state index contributed by atoms with van der Waals surface area (Å²) in [6.07, 6.45) is 0. The number of benzene rings is 2. The summed E-state index contributed by atoms with van der Waals surface area (Å²) in [5, 5.41) is 15.2. The molecule has 1 N–H and O–H groups in total. The highest BCUT2D eigenvalue weighted by atomic mass is 15.0. The van der Waals surface area contributed by atoms with Gasteiger partial charge in [0.1, 0.15) is 11.8 Å². The number of hydrogen-bond donors (Lipinski definition) is 1. The largest absolute Gasteiger partial charge is 0.340 e. The van der Waals surface area contributed by atoms with E-state index in [9.17, 15) is 0 Å². The van der Waals surface area contributed by atoms with Crippen LogP contribution in [0.1, 0.15) is 35.5 Å². The Balaban J connectivity index is 1.76. The van der Waals surface area contributed by atoms with Crippen LogP contribution >= 0.6 is 0 Å². The maximum atomic E-state index is 9.12. The molecule has 0 aliphatic carbocycles. The summed E-state index contributed by atoms with van der Waals surface area (Å²) in [4.78, 5) is 0. The lowest BCUT2D eigenvalue weighted by Crippen LogP contribution is -2.18. The molecule has 1 aromatic heterocycles. The van der Waals surface area contributed by atoms with Crippen molar-refractivity contribution < 1.29 is 0 Å². The normalized spacial score (nSPS) is 12.3. The second-order valence-corrected chi connectivity index (χ2v) is 6.02. The first-order chi connectivity index (χ1) is 11.1. The fourth-order valence-electron chi connectivity index (χ4n) is 2.91. The van der Waals surface area contributed by atoms with Gasteiger partial charge in [-0.3, -0.25) is 0 Å². The van der Waals surface area contributed by atoms with Crippen molar-refractivity contribution in [2.24, 2.45) is 7.05 Å². The summed E-state index contributed by atoms with van der Waals surface area (Å²) in [5.41, 5.74) is 4.30. The average Bonchev–Trinajstić information content (AvgIpc) is 2.87. The van der Waals surface area contributed by atoms with E-state index in [-0.39, 0.29) is 6.04 Å². The zero-order valence-electron chi connectivity index (χ0n) is 13.8. The average molecular weight is 303 g/mol. The van der Waals surface area contributed by atoms with Gasteiger partial charge in [-0.2, -0.15) is 5.26 Å². The lowest BCUT2D eigenvalue weighted by Gasteiger charge is -2.15. The quantitative estimate of drug-likeness (QED) is 0.784. The van der Waals surface area contributed by atoms with E-state index in [2.05, 4.69) is 67.7 Å². The van der Waals surface area contributed by atoms with E-state index in [0.29, 0.717) is 5.69 Å². The van der Waals surface area contributed by atoms with Gasteiger partial charge in [0.2, 0.25) is 0 Å². The standard InChI is InChI=1S/C20H21N3/c1-14(17-9-8-16-6-4-5-7-18(16)10-17)22-13-19-11-20(12-21)23(3)15(19)2/h4-11,14,22H,13H2,1-3H3/t14-/m0/s1. The molecule has 0 bridgehead atoms. The predicted octanol–water partition coefficient (Wildman–Crippen LogP) is 4.21. The topological polar surface area (TPSA) is 40.8 Å². The summed E-state index contributed by atoms with van der Waals surface area (Å²) in [5.74, 6) is 0. The van der Waals surface area contributed by atoms with Gasteiger partial charge in [-0.1, -0.05) is 36.4 Å². The van der Waals surface area contributed by atoms with Gasteiger partial charge in [0, 0.05) is 25.3 Å². The van der Waals surface area contributed by atoms with Crippen molar-refractivity contribution in [1.29, 1.82) is 5.26 Å². The lowest BCUT2D eigenvalue weighted by atomic mass is 10.0. The van der Waals surface area contributed by atoms with Gasteiger partial charge in [-0.05, 0) is 47.9 Å². The molecule has 0 radical (unpaired) electrons. The molecule has 116 valence electrons. The highest BCUT2D eigenvalue weighted by Gasteiger charge is 2.11. The van der Waals surface area contributed by atoms with Crippen molar-refractivity contribution in [3.8, 4) is 6.07 Å². The monoisotopic (exact) mass is 303 g/mol. The fourth-order valence-corrected chi connectivity index (χ4v) is 2.91. The summed E-state index contributed by atoms with van der Waals surface area (Å²) >= 11 is 0. The zero-order chi connectivity index (χ0) is 16.4. The second-order valence-electron chi connectivity index (χ2n) is 6.02. The van der Waals surface area contributed by atoms with Gasteiger partial charge in [0.25, 0.3) is 0 Å². The number of rotatable bonds is 4. The molecule has 0 saturated carbocycles. The molecule has 23 heavy (non-hydrogen) atoms. The molecule has 3 rings (SSSR count). The summed E-state index contributed by atoms with van der Waals surface area (Å²) < 4.78 is 1.94. The number of nitrogens with one attached hydrogen (secondary N) is 1. The van der Waals surface area contributed by atoms with Gasteiger partial charge < -0.3 is 9.88 Å². The van der Waals surface area contributed by atoms with E-state index in [4.69, 9.17) is 5.26 Å². The van der Waals surface area contributed by atoms with Crippen LogP contribution in [0.2, 0.25) is 0 Å². The summed E-state index contributed by atoms with van der Waals surface area (Å²) in [6.45, 7) is 4.99. The minimum atomic E-state index is 0.254. The summed E-state index contributed by atoms with van der Waals surface area (Å²) in [6, 6.07) is 19.5. The molecule has 1 heterocycles. The van der Waals surface area contributed by atoms with Gasteiger partial charge in [0.15, 0.2) is 0 Å². The Morgan fingerprint density at radius 1 is 1.13 bits per heavy atom. The second kappa shape index (κ2) is 6.28. The van der Waals surface area contributed by atoms with E-state index in [1.54, 1.807) is 0 Å². The number of aromatic nitrogens is 1. The van der Waals surface area contributed by atoms with Crippen LogP contribution in [0.4, 0.5) is 0 Å². The highest BCUT2D eigenvalue weighted by molar-refractivity contribution is 5.83. The Labute approximate surface area is 137 Å². The Morgan fingerprint density at radius 3 is 2.57 bits per heavy atom. The first-order valence-corrected chi connectivity index (χ1v) is 7.87. The van der Waals surface area contributed by atoms with Crippen molar-refractivity contribution in [1.82, 2.24) is 9.88 Å². The van der Waals surface area contributed by atoms with Crippen LogP contribution in [0, 0.1) is 18.3 Å². The van der Waals surface area contributed by atoms with E-state index < -0.39 is 0 Å². The van der Waals surface area contributed by atoms with Crippen LogP contribution in [0.25, 0.3) is 10.8 Å². The van der Waals surface area contributed by atoms with Crippen LogP contribution in [-0.4, -0.2) is 4.57 Å². The molecular formula is C20H21N3. The molecular weight excluding hydrogens is 282 g/mol. The van der Waals surface area contributed by atoms with Crippen molar-refractivity contribution in [3.63, 3.8) is 0 Å². The van der Waals surface area contributed by atoms with Crippen LogP contribution in [-0.2, 0) is 13.6 Å². The molecule has 3 nitrogen and oxygen atoms in total. The molecule has 0 unspecified atom stereocenters. The van der Waals surface area contributed by atoms with Crippen LogP contribution in [0.15, 0.2) is 48.5 Å². The predicted molar refractivity (Wildman–Crippen MR) is 94.1 cm³/mol. The van der Waals surface area contributed by atoms with Gasteiger partial charge in [-0.25, -0.2) is 0 Å². The third-order valence-electron chi connectivity index (χ3n) is 4.63. The first kappa shape index (κ1) is 15.3. The number of hydrogen-bond acceptors (Lipinski definition) is 2. The Bertz CT molecular complexity index is 884. The Kier molecular flexibility index (Phi) is 4.18. The number of nitrogens with zero attached hydrogens (tertiary/aromatic N) is 2. The van der Waals surface area contributed by atoms with E-state index in [1.807, 2.05) is 17.7 Å². The third-order valence-corrected chi connectivity index (χ3v) is 4.63. The first-order valence-electron chi connectivity index (χ1n) is 7.87. The molecule has 2 aromatic carbocycles. The third kappa shape index (κ3) is 2.99. The van der Waals surface area contributed by atoms with Crippen molar-refractivity contribution in [2.75, 3.05) is 0 Å². The molecule has 0 spiro atoms. The Hall–Kier alpha value is -2.57. The van der Waals surface area contributed by atoms with Crippen LogP contribution in [0.5, 0.6) is 0 Å². The molecule has 3 heteroatoms. The minimum absolute atomic E-state index is 0.254. The molecule has 0 saturated heterocycles. The SMILES string of the molecule is Cc1c(CN[C@@H](C)c2ccc3ccccc3c2)cc(C#N)n1C. The highest BCUT2D eigenvalue weighted by Crippen LogP contribution is 2.21. The lowest BCUT2D eigenvalue weighted by molar-refractivity contribution is 0.573. The van der Waals surface area contributed by atoms with Gasteiger partial charge in [-0.15, -0.1) is 0 Å². The zero-order valence-corrected chi connectivity index (χ0v) is 13.8. The molecule has 0 aliphatic heterocycles. The van der Waals surface area contributed by atoms with Crippen molar-refractivity contribution in [2.45, 2.75) is 26.4 Å². The van der Waals surface area contributed by atoms with Gasteiger partial charge in [0.05, 0.1) is 0 Å². The molecule has 0 fully saturated rings. The summed E-state index contributed by atoms with van der Waals surface area (Å²) in [7, 11) is 1.93. The number of fused-ring (bicyclic) bond motifs is 1. The maximum absolute atomic E-state index is 9.12. The Morgan fingerprint density at radius 2 is 1.87 bits per heavy atom. The van der Waals surface area contributed by atoms with Crippen LogP contribution in [0.3, 0.4) is 0 Å². The van der Waals surface area contributed by atoms with Crippen LogP contribution < -0.4 is 5.32 Å². The van der Waals surface area contributed by atoms with E-state index >= 15 is 0 Å². The smallest absolute Gasteiger partial charge is 0.120 e. The molecule has 0 amide bonds. The van der Waals surface area contributed by atoms with Crippen molar-refractivity contribution in [3.05, 3.63) is 71.0 Å². The molecule has 1 atom stereocenters. The maximum Gasteiger partial charge on any atom is 0.120 e. The molecule has 0 aliphatic rings.